The second kappa shape index (κ2) is 95.1. The summed E-state index contributed by atoms with van der Waals surface area (Å²) in [5.74, 6) is 0. The third kappa shape index (κ3) is 366. The maximum Gasteiger partial charge on any atom is 1.00 e. The zero-order valence-electron chi connectivity index (χ0n) is 29.0. The Labute approximate surface area is 358 Å². The minimum atomic E-state index is -2.78. The fourth-order valence-electron chi connectivity index (χ4n) is 0. The van der Waals surface area contributed by atoms with Crippen molar-refractivity contribution in [2.24, 2.45) is 0 Å². The van der Waals surface area contributed by atoms with E-state index in [0.29, 0.717) is 0 Å². The summed E-state index contributed by atoms with van der Waals surface area (Å²) in [6.45, 7) is 0. The Kier molecular flexibility index (Phi) is 153. The van der Waals surface area contributed by atoms with Crippen LogP contribution in [0.25, 0.3) is 0 Å². The predicted molar refractivity (Wildman–Crippen MR) is 144 cm³/mol. The van der Waals surface area contributed by atoms with Crippen LogP contribution in [0, 0.1) is 0 Å². The molecule has 0 radical (unpaired) electrons. The van der Waals surface area contributed by atoms with Gasteiger partial charge in [0.15, 0.2) is 0 Å². The standard InChI is InChI=1S/11BFH2O3.BFO3.2Li/c12*2-5-1(3)4;;/h11*3-4H;;;/q;;;;;;;;;;;-2;2*+1. The molecule has 0 aromatic heterocycles. The topological polar surface area (TPSA) is 602 Å². The molecule has 0 aromatic rings. The fraction of sp³-hybridized carbons (Fsp3) is 0. The van der Waals surface area contributed by atoms with Gasteiger partial charge in [0.25, 0.3) is 0 Å². The fourth-order valence-corrected chi connectivity index (χ4v) is 0. The van der Waals surface area contributed by atoms with Crippen molar-refractivity contribution in [3.63, 3.8) is 0 Å². The molecule has 0 aromatic carbocycles. The van der Waals surface area contributed by atoms with Gasteiger partial charge in [0.1, 0.15) is 7.32 Å². The first-order valence-corrected chi connectivity index (χ1v) is 10.8. The number of hydrogen-bond acceptors (Lipinski definition) is 36. The molecule has 0 unspecified atom stereocenters. The molecule has 62 heavy (non-hydrogen) atoms. The molecule has 36 nitrogen and oxygen atoms in total. The summed E-state index contributed by atoms with van der Waals surface area (Å²) in [7, 11) is -27.9. The van der Waals surface area contributed by atoms with Crippen molar-refractivity contribution in [3.8, 4) is 0 Å². The molecule has 22 N–H and O–H groups in total. The van der Waals surface area contributed by atoms with Crippen molar-refractivity contribution >= 4 is 87.9 Å². The van der Waals surface area contributed by atoms with E-state index in [1.165, 1.54) is 0 Å². The van der Waals surface area contributed by atoms with Crippen LogP contribution >= 0.6 is 0 Å². The Hall–Kier alpha value is -0.306. The van der Waals surface area contributed by atoms with Crippen LogP contribution in [-0.2, 0) is 58.3 Å². The van der Waals surface area contributed by atoms with Gasteiger partial charge in [-0.05, 0) is 0 Å². The van der Waals surface area contributed by atoms with Crippen molar-refractivity contribution in [3.05, 3.63) is 0 Å². The summed E-state index contributed by atoms with van der Waals surface area (Å²) in [5, 5.41) is 179. The second-order valence-electron chi connectivity index (χ2n) is 4.95. The van der Waals surface area contributed by atoms with E-state index in [9.17, 15) is 54.3 Å². The van der Waals surface area contributed by atoms with E-state index >= 15 is 0 Å². The minimum Gasteiger partial charge on any atom is -0.868 e. The predicted octanol–water partition coefficient (Wildman–Crippen LogP) is -21.0. The van der Waals surface area contributed by atoms with Crippen LogP contribution in [0.4, 0.5) is 54.3 Å². The number of halogens is 12. The normalized spacial score (nSPS) is 7.55. The van der Waals surface area contributed by atoms with Gasteiger partial charge >= 0.3 is 118 Å². The first-order valence-electron chi connectivity index (χ1n) is 10.8. The molecule has 0 heterocycles. The van der Waals surface area contributed by atoms with Crippen LogP contribution in [0.2, 0.25) is 0 Å². The van der Waals surface area contributed by atoms with E-state index in [4.69, 9.17) is 121 Å². The van der Waals surface area contributed by atoms with Crippen LogP contribution < -0.4 is 47.8 Å². The third-order valence-electron chi connectivity index (χ3n) is 0.949. The summed E-state index contributed by atoms with van der Waals surface area (Å²) in [4.78, 5) is 28.1. The molecule has 0 aliphatic rings. The van der Waals surface area contributed by atoms with Gasteiger partial charge in [-0.15, -0.1) is 0 Å². The van der Waals surface area contributed by atoms with Gasteiger partial charge in [0, 0.05) is 0 Å². The molecule has 0 atom stereocenters. The van der Waals surface area contributed by atoms with E-state index in [0.717, 1.165) is 0 Å². The monoisotopic (exact) mass is 972 g/mol. The van der Waals surface area contributed by atoms with Crippen LogP contribution in [0.5, 0.6) is 0 Å². The Balaban J connectivity index is -0.0000000337. The molecular weight excluding hydrogens is 948 g/mol. The summed E-state index contributed by atoms with van der Waals surface area (Å²) < 4.78 is 121. The molecule has 0 fully saturated rings. The molecule has 0 saturated carbocycles. The molecule has 0 bridgehead atoms. The molecule has 0 saturated heterocycles. The maximum absolute atomic E-state index is 10.1. The van der Waals surface area contributed by atoms with Gasteiger partial charge in [0.05, 0.1) is 0 Å². The molecule has 360 valence electrons. The van der Waals surface area contributed by atoms with Crippen molar-refractivity contribution < 1.29 is 271 Å². The summed E-state index contributed by atoms with van der Waals surface area (Å²) in [5.41, 5.74) is 0. The van der Waals surface area contributed by atoms with E-state index in [1.807, 2.05) is 0 Å². The molecule has 62 heteroatoms. The maximum atomic E-state index is 10.1. The Morgan fingerprint density at radius 1 is 0.194 bits per heavy atom. The van der Waals surface area contributed by atoms with Crippen LogP contribution in [-0.4, -0.2) is 198 Å². The van der Waals surface area contributed by atoms with Crippen molar-refractivity contribution in [1.29, 1.82) is 0 Å². The van der Waals surface area contributed by atoms with Crippen LogP contribution in [0.1, 0.15) is 0 Å². The first-order chi connectivity index (χ1) is 27.2. The number of hydrogen-bond donors (Lipinski definition) is 22. The minimum absolute atomic E-state index is 0. The smallest absolute Gasteiger partial charge is 0.868 e. The van der Waals surface area contributed by atoms with Gasteiger partial charge in [-0.2, -0.15) is 53.4 Å². The zero-order valence-corrected chi connectivity index (χ0v) is 29.0. The molecule has 0 aliphatic heterocycles. The van der Waals surface area contributed by atoms with Gasteiger partial charge in [-0.1, -0.05) is 54.3 Å². The van der Waals surface area contributed by atoms with Crippen molar-refractivity contribution in [2.75, 3.05) is 0 Å². The zero-order chi connectivity index (χ0) is 51.4. The number of rotatable bonds is 12. The average molecular weight is 970 g/mol. The summed E-state index contributed by atoms with van der Waals surface area (Å²) in [6.07, 6.45) is 0. The van der Waals surface area contributed by atoms with E-state index in [-0.39, 0.29) is 37.7 Å². The Morgan fingerprint density at radius 3 is 0.226 bits per heavy atom. The van der Waals surface area contributed by atoms with E-state index < -0.39 is 87.9 Å². The van der Waals surface area contributed by atoms with Crippen LogP contribution in [0.15, 0.2) is 0 Å². The summed E-state index contributed by atoms with van der Waals surface area (Å²) in [6, 6.07) is 0. The van der Waals surface area contributed by atoms with E-state index in [1.54, 1.807) is 0 Å². The Morgan fingerprint density at radius 2 is 0.226 bits per heavy atom. The van der Waals surface area contributed by atoms with Gasteiger partial charge < -0.3 is 125 Å². The van der Waals surface area contributed by atoms with Gasteiger partial charge in [-0.3, -0.25) is 0 Å². The second-order valence-corrected chi connectivity index (χ2v) is 4.95. The molecule has 0 aliphatic carbocycles. The molecule has 0 rings (SSSR count). The Bertz CT molecular complexity index is 435. The first kappa shape index (κ1) is 99.9. The molecule has 0 amide bonds. The van der Waals surface area contributed by atoms with Gasteiger partial charge in [0.2, 0.25) is 0 Å². The van der Waals surface area contributed by atoms with Gasteiger partial charge in [-0.25, -0.2) is 0 Å². The molecular formula is H22B12F12Li2O36. The van der Waals surface area contributed by atoms with Crippen LogP contribution in [0.3, 0.4) is 0 Å². The SMILES string of the molecule is OB(O)OF.OB(O)OF.OB(O)OF.OB(O)OF.OB(O)OF.OB(O)OF.OB(O)OF.OB(O)OF.OB(O)OF.OB(O)OF.OB(O)OF.[Li+].[Li+].[O-]B([O-])OF. The summed E-state index contributed by atoms with van der Waals surface area (Å²) >= 11 is 0. The quantitative estimate of drug-likeness (QED) is 0.0638. The van der Waals surface area contributed by atoms with Crippen molar-refractivity contribution in [1.82, 2.24) is 0 Å². The molecule has 0 spiro atoms. The third-order valence-corrected chi connectivity index (χ3v) is 0.949. The van der Waals surface area contributed by atoms with Crippen molar-refractivity contribution in [2.45, 2.75) is 0 Å². The largest absolute Gasteiger partial charge is 1.00 e. The average Bonchev–Trinajstić information content (AvgIpc) is 3.19. The van der Waals surface area contributed by atoms with E-state index in [2.05, 4.69) is 58.3 Å².